The van der Waals surface area contributed by atoms with Crippen molar-refractivity contribution in [3.63, 3.8) is 0 Å². The van der Waals surface area contributed by atoms with Gasteiger partial charge in [-0.15, -0.1) is 0 Å². The first kappa shape index (κ1) is 27.4. The van der Waals surface area contributed by atoms with E-state index in [9.17, 15) is 14.8 Å². The molecule has 2 N–H and O–H groups in total. The molecule has 206 valence electrons. The molecule has 0 unspecified atom stereocenters. The van der Waals surface area contributed by atoms with Gasteiger partial charge in [0.15, 0.2) is 17.7 Å². The zero-order chi connectivity index (χ0) is 26.6. The third kappa shape index (κ3) is 5.76. The normalized spacial score (nSPS) is 22.7. The number of methoxy groups -OCH3 is 2. The monoisotopic (exact) mass is 516 g/mol. The molecule has 3 aliphatic rings. The highest BCUT2D eigenvalue weighted by molar-refractivity contribution is 5.81. The molecule has 1 aromatic rings. The summed E-state index contributed by atoms with van der Waals surface area (Å²) in [7, 11) is 3.21. The lowest BCUT2D eigenvalue weighted by molar-refractivity contribution is -0.141. The third-order valence-electron chi connectivity index (χ3n) is 8.46. The van der Waals surface area contributed by atoms with Crippen LogP contribution in [0.5, 0.6) is 11.5 Å². The molecule has 1 aromatic carbocycles. The van der Waals surface area contributed by atoms with E-state index in [1.54, 1.807) is 19.1 Å². The first-order valence-corrected chi connectivity index (χ1v) is 13.9. The second-order valence-corrected chi connectivity index (χ2v) is 11.2. The van der Waals surface area contributed by atoms with Crippen LogP contribution >= 0.6 is 0 Å². The van der Waals surface area contributed by atoms with E-state index in [2.05, 4.69) is 5.32 Å². The summed E-state index contributed by atoms with van der Waals surface area (Å²) in [4.78, 5) is 30.8. The Balaban J connectivity index is 1.55. The average Bonchev–Trinajstić information content (AvgIpc) is 3.11. The second kappa shape index (κ2) is 11.8. The van der Waals surface area contributed by atoms with E-state index in [4.69, 9.17) is 9.47 Å². The van der Waals surface area contributed by atoms with E-state index in [-0.39, 0.29) is 18.1 Å². The zero-order valence-corrected chi connectivity index (χ0v) is 22.9. The Kier molecular flexibility index (Phi) is 8.72. The first-order chi connectivity index (χ1) is 17.8. The fourth-order valence-electron chi connectivity index (χ4n) is 6.36. The van der Waals surface area contributed by atoms with Gasteiger partial charge in [-0.2, -0.15) is 5.06 Å². The van der Waals surface area contributed by atoms with Gasteiger partial charge >= 0.3 is 12.1 Å². The van der Waals surface area contributed by atoms with Gasteiger partial charge in [0.05, 0.1) is 19.8 Å². The highest BCUT2D eigenvalue weighted by Crippen LogP contribution is 2.39. The maximum atomic E-state index is 13.9. The lowest BCUT2D eigenvalue weighted by Crippen LogP contribution is -2.61. The number of hydrogen-bond donors (Lipinski definition) is 2. The highest BCUT2D eigenvalue weighted by Gasteiger charge is 2.57. The molecule has 0 aromatic heterocycles. The molecule has 1 heterocycles. The lowest BCUT2D eigenvalue weighted by Gasteiger charge is -2.42. The van der Waals surface area contributed by atoms with Gasteiger partial charge in [-0.05, 0) is 63.6 Å². The molecule has 9 nitrogen and oxygen atoms in total. The van der Waals surface area contributed by atoms with Crippen LogP contribution in [0.1, 0.15) is 83.6 Å². The molecule has 0 spiro atoms. The van der Waals surface area contributed by atoms with E-state index in [0.29, 0.717) is 24.5 Å². The van der Waals surface area contributed by atoms with Crippen molar-refractivity contribution in [3.8, 4) is 11.5 Å². The van der Waals surface area contributed by atoms with E-state index in [1.165, 1.54) is 6.42 Å². The van der Waals surface area contributed by atoms with Gasteiger partial charge in [-0.25, -0.2) is 9.59 Å². The number of urea groups is 2. The smallest absolute Gasteiger partial charge is 0.343 e. The van der Waals surface area contributed by atoms with E-state index in [0.717, 1.165) is 68.4 Å². The number of nitrogens with one attached hydrogen (secondary N) is 1. The Labute approximate surface area is 221 Å². The van der Waals surface area contributed by atoms with Crippen molar-refractivity contribution >= 4 is 12.1 Å². The summed E-state index contributed by atoms with van der Waals surface area (Å²) < 4.78 is 10.8. The molecule has 3 fully saturated rings. The Bertz CT molecular complexity index is 943. The number of carbonyl (C=O) groups excluding carboxylic acids is 2. The summed E-state index contributed by atoms with van der Waals surface area (Å²) in [5, 5.41) is 15.1. The van der Waals surface area contributed by atoms with Gasteiger partial charge in [-0.1, -0.05) is 44.6 Å². The van der Waals surface area contributed by atoms with Gasteiger partial charge in [-0.3, -0.25) is 10.1 Å². The highest BCUT2D eigenvalue weighted by atomic mass is 16.5. The van der Waals surface area contributed by atoms with Gasteiger partial charge in [0.2, 0.25) is 0 Å². The molecular formula is C28H44N4O5. The van der Waals surface area contributed by atoms with E-state index < -0.39 is 17.7 Å². The Morgan fingerprint density at radius 2 is 1.65 bits per heavy atom. The van der Waals surface area contributed by atoms with Crippen molar-refractivity contribution in [2.45, 2.75) is 108 Å². The van der Waals surface area contributed by atoms with Crippen LogP contribution < -0.4 is 14.8 Å². The summed E-state index contributed by atoms with van der Waals surface area (Å²) in [6.07, 6.45) is 10.1. The molecule has 2 aliphatic carbocycles. The number of nitrogens with zero attached hydrogens (tertiary/aromatic N) is 3. The number of amides is 4. The number of rotatable bonds is 8. The van der Waals surface area contributed by atoms with Crippen LogP contribution in [0.15, 0.2) is 18.2 Å². The number of benzene rings is 1. The molecule has 37 heavy (non-hydrogen) atoms. The molecule has 1 saturated heterocycles. The summed E-state index contributed by atoms with van der Waals surface area (Å²) in [5.74, 6) is 1.31. The van der Waals surface area contributed by atoms with E-state index >= 15 is 0 Å². The van der Waals surface area contributed by atoms with Crippen LogP contribution in [0, 0.1) is 0 Å². The average molecular weight is 517 g/mol. The van der Waals surface area contributed by atoms with Gasteiger partial charge in [0.1, 0.15) is 0 Å². The standard InChI is InChI=1S/C28H44N4O5/c1-28(2)25(32(35)26(33)29-21-11-7-5-8-12-21)31(22-13-9-6-10-14-22)27(34)30(28)18-17-20-15-16-23(36-3)24(19-20)37-4/h15-16,19,21-22,25,35H,5-14,17-18H2,1-4H3,(H,29,33)/t25-/m0/s1. The fourth-order valence-corrected chi connectivity index (χ4v) is 6.36. The van der Waals surface area contributed by atoms with Crippen LogP contribution in [-0.2, 0) is 6.42 Å². The Morgan fingerprint density at radius 1 is 1.03 bits per heavy atom. The van der Waals surface area contributed by atoms with Gasteiger partial charge in [0.25, 0.3) is 0 Å². The van der Waals surface area contributed by atoms with Crippen LogP contribution in [0.25, 0.3) is 0 Å². The molecule has 1 atom stereocenters. The fraction of sp³-hybridized carbons (Fsp3) is 0.714. The van der Waals surface area contributed by atoms with Crippen molar-refractivity contribution in [1.82, 2.24) is 20.2 Å². The van der Waals surface area contributed by atoms with Crippen LogP contribution in [0.3, 0.4) is 0 Å². The molecule has 9 heteroatoms. The molecule has 4 amide bonds. The SMILES string of the molecule is COc1ccc(CCN2C(=O)N(C3CCCCC3)[C@@H](N(O)C(=O)NC3CCCCC3)C2(C)C)cc1OC. The van der Waals surface area contributed by atoms with Crippen LogP contribution in [0.2, 0.25) is 0 Å². The Morgan fingerprint density at radius 3 is 2.27 bits per heavy atom. The number of carbonyl (C=O) groups is 2. The summed E-state index contributed by atoms with van der Waals surface area (Å²) in [6, 6.07) is 5.22. The quantitative estimate of drug-likeness (QED) is 0.368. The largest absolute Gasteiger partial charge is 0.493 e. The van der Waals surface area contributed by atoms with Crippen molar-refractivity contribution < 1.29 is 24.3 Å². The van der Waals surface area contributed by atoms with Crippen molar-refractivity contribution in [1.29, 1.82) is 0 Å². The molecule has 1 aliphatic heterocycles. The predicted molar refractivity (Wildman–Crippen MR) is 141 cm³/mol. The third-order valence-corrected chi connectivity index (χ3v) is 8.46. The second-order valence-electron chi connectivity index (χ2n) is 11.2. The summed E-state index contributed by atoms with van der Waals surface area (Å²) in [6.45, 7) is 4.35. The van der Waals surface area contributed by atoms with E-state index in [1.807, 2.05) is 36.9 Å². The minimum absolute atomic E-state index is 0.00809. The lowest BCUT2D eigenvalue weighted by atomic mass is 9.92. The maximum Gasteiger partial charge on any atom is 0.343 e. The van der Waals surface area contributed by atoms with Gasteiger partial charge < -0.3 is 19.7 Å². The molecule has 2 saturated carbocycles. The molecule has 4 rings (SSSR count). The van der Waals surface area contributed by atoms with Crippen molar-refractivity contribution in [2.75, 3.05) is 20.8 Å². The summed E-state index contributed by atoms with van der Waals surface area (Å²) >= 11 is 0. The predicted octanol–water partition coefficient (Wildman–Crippen LogP) is 5.15. The molecular weight excluding hydrogens is 472 g/mol. The van der Waals surface area contributed by atoms with Crippen molar-refractivity contribution in [3.05, 3.63) is 23.8 Å². The zero-order valence-electron chi connectivity index (χ0n) is 22.9. The topological polar surface area (TPSA) is 94.6 Å². The number of hydroxylamine groups is 2. The minimum atomic E-state index is -0.788. The minimum Gasteiger partial charge on any atom is -0.493 e. The van der Waals surface area contributed by atoms with Crippen LogP contribution in [-0.4, -0.2) is 76.7 Å². The number of ether oxygens (including phenoxy) is 2. The van der Waals surface area contributed by atoms with Gasteiger partial charge in [0, 0.05) is 18.6 Å². The van der Waals surface area contributed by atoms with Crippen LogP contribution in [0.4, 0.5) is 9.59 Å². The Hall–Kier alpha value is -2.68. The first-order valence-electron chi connectivity index (χ1n) is 13.9. The molecule has 0 bridgehead atoms. The molecule has 0 radical (unpaired) electrons. The number of hydrogen-bond acceptors (Lipinski definition) is 5. The van der Waals surface area contributed by atoms with Crippen molar-refractivity contribution in [2.24, 2.45) is 0 Å². The summed E-state index contributed by atoms with van der Waals surface area (Å²) in [5.41, 5.74) is 0.230. The maximum absolute atomic E-state index is 13.9.